The molecule has 0 radical (unpaired) electrons. The summed E-state index contributed by atoms with van der Waals surface area (Å²) in [6.45, 7) is 2.49. The molecule has 1 heterocycles. The summed E-state index contributed by atoms with van der Waals surface area (Å²) in [5, 5.41) is 19.1. The molecule has 86 valence electrons. The second-order valence-electron chi connectivity index (χ2n) is 3.92. The van der Waals surface area contributed by atoms with Crippen LogP contribution in [0.4, 0.5) is 0 Å². The maximum Gasteiger partial charge on any atom is 0.145 e. The van der Waals surface area contributed by atoms with Crippen LogP contribution in [0.1, 0.15) is 41.8 Å². The van der Waals surface area contributed by atoms with Crippen LogP contribution < -0.4 is 5.73 Å². The molecular formula is C9H16ClN3OS. The van der Waals surface area contributed by atoms with Gasteiger partial charge < -0.3 is 10.8 Å². The Hall–Kier alpha value is -0.230. The van der Waals surface area contributed by atoms with Gasteiger partial charge in [-0.25, -0.2) is 0 Å². The predicted molar refractivity (Wildman–Crippen MR) is 62.3 cm³/mol. The first-order valence-electron chi connectivity index (χ1n) is 4.92. The highest BCUT2D eigenvalue weighted by molar-refractivity contribution is 7.11. The average molecular weight is 250 g/mol. The van der Waals surface area contributed by atoms with Crippen molar-refractivity contribution in [2.45, 2.75) is 31.8 Å². The lowest BCUT2D eigenvalue weighted by Crippen LogP contribution is -2.28. The first-order chi connectivity index (χ1) is 6.70. The number of aliphatic hydroxyl groups is 1. The Morgan fingerprint density at radius 3 is 2.67 bits per heavy atom. The SMILES string of the molecule is C[C@H](O)c1nnc([C@H]2C[C@H](CN)C2)s1.Cl. The number of aromatic nitrogens is 2. The van der Waals surface area contributed by atoms with Crippen molar-refractivity contribution in [3.8, 4) is 0 Å². The molecule has 1 aromatic rings. The maximum absolute atomic E-state index is 9.30. The van der Waals surface area contributed by atoms with Crippen LogP contribution in [0.2, 0.25) is 0 Å². The number of nitrogens with zero attached hydrogens (tertiary/aromatic N) is 2. The zero-order chi connectivity index (χ0) is 10.1. The Morgan fingerprint density at radius 1 is 1.53 bits per heavy atom. The summed E-state index contributed by atoms with van der Waals surface area (Å²) >= 11 is 1.52. The first-order valence-corrected chi connectivity index (χ1v) is 5.73. The average Bonchev–Trinajstić information content (AvgIpc) is 2.51. The van der Waals surface area contributed by atoms with Gasteiger partial charge in [0.2, 0.25) is 0 Å². The molecule has 0 aliphatic heterocycles. The third-order valence-electron chi connectivity index (χ3n) is 2.73. The third kappa shape index (κ3) is 2.66. The lowest BCUT2D eigenvalue weighted by atomic mass is 9.75. The van der Waals surface area contributed by atoms with E-state index in [1.165, 1.54) is 11.3 Å². The fourth-order valence-corrected chi connectivity index (χ4v) is 2.62. The molecule has 1 fully saturated rings. The topological polar surface area (TPSA) is 72.0 Å². The highest BCUT2D eigenvalue weighted by atomic mass is 35.5. The number of hydrogen-bond donors (Lipinski definition) is 2. The summed E-state index contributed by atoms with van der Waals surface area (Å²) in [5.41, 5.74) is 5.55. The van der Waals surface area contributed by atoms with E-state index in [2.05, 4.69) is 10.2 Å². The number of hydrogen-bond acceptors (Lipinski definition) is 5. The van der Waals surface area contributed by atoms with E-state index in [-0.39, 0.29) is 12.4 Å². The second-order valence-corrected chi connectivity index (χ2v) is 4.97. The molecular weight excluding hydrogens is 234 g/mol. The van der Waals surface area contributed by atoms with Gasteiger partial charge in [-0.05, 0) is 32.2 Å². The largest absolute Gasteiger partial charge is 0.386 e. The molecule has 0 bridgehead atoms. The van der Waals surface area contributed by atoms with Crippen molar-refractivity contribution in [3.05, 3.63) is 10.0 Å². The minimum atomic E-state index is -0.494. The number of nitrogens with two attached hydrogens (primary N) is 1. The summed E-state index contributed by atoms with van der Waals surface area (Å²) in [6, 6.07) is 0. The van der Waals surface area contributed by atoms with Gasteiger partial charge >= 0.3 is 0 Å². The first kappa shape index (κ1) is 12.8. The molecule has 1 saturated carbocycles. The van der Waals surface area contributed by atoms with Crippen molar-refractivity contribution >= 4 is 23.7 Å². The van der Waals surface area contributed by atoms with Crippen molar-refractivity contribution in [2.24, 2.45) is 11.7 Å². The summed E-state index contributed by atoms with van der Waals surface area (Å²) in [7, 11) is 0. The van der Waals surface area contributed by atoms with Crippen LogP contribution in [-0.2, 0) is 0 Å². The Balaban J connectivity index is 0.00000112. The lowest BCUT2D eigenvalue weighted by Gasteiger charge is -2.32. The molecule has 0 spiro atoms. The monoisotopic (exact) mass is 249 g/mol. The van der Waals surface area contributed by atoms with Gasteiger partial charge in [0.25, 0.3) is 0 Å². The summed E-state index contributed by atoms with van der Waals surface area (Å²) in [4.78, 5) is 0. The van der Waals surface area contributed by atoms with Crippen molar-refractivity contribution in [3.63, 3.8) is 0 Å². The molecule has 4 nitrogen and oxygen atoms in total. The highest BCUT2D eigenvalue weighted by Crippen LogP contribution is 2.42. The van der Waals surface area contributed by atoms with Crippen molar-refractivity contribution < 1.29 is 5.11 Å². The molecule has 0 unspecified atom stereocenters. The predicted octanol–water partition coefficient (Wildman–Crippen LogP) is 1.47. The molecule has 1 aliphatic rings. The summed E-state index contributed by atoms with van der Waals surface area (Å²) in [6.07, 6.45) is 1.77. The minimum absolute atomic E-state index is 0. The standard InChI is InChI=1S/C9H15N3OS.ClH/c1-5(13)8-11-12-9(14-8)7-2-6(3-7)4-10;/h5-7,13H,2-4,10H2,1H3;1H/t5-,6-,7-;/m0./s1. The van der Waals surface area contributed by atoms with Crippen molar-refractivity contribution in [1.82, 2.24) is 10.2 Å². The summed E-state index contributed by atoms with van der Waals surface area (Å²) in [5.74, 6) is 1.20. The fourth-order valence-electron chi connectivity index (χ4n) is 1.71. The smallest absolute Gasteiger partial charge is 0.145 e. The molecule has 1 aliphatic carbocycles. The van der Waals surface area contributed by atoms with Crippen LogP contribution in [-0.4, -0.2) is 21.8 Å². The number of halogens is 1. The Kier molecular flexibility index (Phi) is 4.45. The van der Waals surface area contributed by atoms with E-state index in [0.717, 1.165) is 29.4 Å². The van der Waals surface area contributed by atoms with E-state index in [1.54, 1.807) is 6.92 Å². The van der Waals surface area contributed by atoms with Gasteiger partial charge in [-0.3, -0.25) is 0 Å². The number of rotatable bonds is 3. The fraction of sp³-hybridized carbons (Fsp3) is 0.778. The third-order valence-corrected chi connectivity index (χ3v) is 3.99. The van der Waals surface area contributed by atoms with Crippen LogP contribution in [0.3, 0.4) is 0 Å². The Bertz CT molecular complexity index is 312. The van der Waals surface area contributed by atoms with Gasteiger partial charge in [0.15, 0.2) is 0 Å². The molecule has 1 aromatic heterocycles. The molecule has 3 N–H and O–H groups in total. The Labute approximate surface area is 99.3 Å². The highest BCUT2D eigenvalue weighted by Gasteiger charge is 2.31. The van der Waals surface area contributed by atoms with Gasteiger partial charge in [0.05, 0.1) is 0 Å². The van der Waals surface area contributed by atoms with E-state index in [0.29, 0.717) is 11.8 Å². The van der Waals surface area contributed by atoms with Crippen LogP contribution in [0.25, 0.3) is 0 Å². The molecule has 2 rings (SSSR count). The van der Waals surface area contributed by atoms with E-state index < -0.39 is 6.10 Å². The van der Waals surface area contributed by atoms with Crippen LogP contribution in [0, 0.1) is 5.92 Å². The van der Waals surface area contributed by atoms with Gasteiger partial charge in [0, 0.05) is 5.92 Å². The lowest BCUT2D eigenvalue weighted by molar-refractivity contribution is 0.198. The summed E-state index contributed by atoms with van der Waals surface area (Å²) < 4.78 is 0. The van der Waals surface area contributed by atoms with Crippen LogP contribution in [0.5, 0.6) is 0 Å². The van der Waals surface area contributed by atoms with E-state index in [1.807, 2.05) is 0 Å². The molecule has 0 saturated heterocycles. The maximum atomic E-state index is 9.30. The molecule has 15 heavy (non-hydrogen) atoms. The van der Waals surface area contributed by atoms with Gasteiger partial charge in [-0.1, -0.05) is 11.3 Å². The second kappa shape index (κ2) is 5.21. The van der Waals surface area contributed by atoms with E-state index in [4.69, 9.17) is 5.73 Å². The van der Waals surface area contributed by atoms with Crippen LogP contribution >= 0.6 is 23.7 Å². The molecule has 1 atom stereocenters. The quantitative estimate of drug-likeness (QED) is 0.851. The van der Waals surface area contributed by atoms with Gasteiger partial charge in [-0.2, -0.15) is 0 Å². The molecule has 0 aromatic carbocycles. The Morgan fingerprint density at radius 2 is 2.20 bits per heavy atom. The van der Waals surface area contributed by atoms with Gasteiger partial charge in [0.1, 0.15) is 16.1 Å². The zero-order valence-electron chi connectivity index (χ0n) is 8.59. The van der Waals surface area contributed by atoms with Crippen molar-refractivity contribution in [1.29, 1.82) is 0 Å². The van der Waals surface area contributed by atoms with Crippen LogP contribution in [0.15, 0.2) is 0 Å². The normalized spacial score (nSPS) is 26.6. The van der Waals surface area contributed by atoms with E-state index >= 15 is 0 Å². The minimum Gasteiger partial charge on any atom is -0.386 e. The number of aliphatic hydroxyl groups excluding tert-OH is 1. The van der Waals surface area contributed by atoms with E-state index in [9.17, 15) is 5.11 Å². The van der Waals surface area contributed by atoms with Crippen molar-refractivity contribution in [2.75, 3.05) is 6.54 Å². The van der Waals surface area contributed by atoms with Gasteiger partial charge in [-0.15, -0.1) is 22.6 Å². The molecule has 0 amide bonds. The molecule has 6 heteroatoms. The zero-order valence-corrected chi connectivity index (χ0v) is 10.2.